The van der Waals surface area contributed by atoms with Gasteiger partial charge in [-0.1, -0.05) is 0 Å². The first-order valence-electron chi connectivity index (χ1n) is 5.34. The molecule has 0 fully saturated rings. The fourth-order valence-corrected chi connectivity index (χ4v) is 1.88. The van der Waals surface area contributed by atoms with Gasteiger partial charge >= 0.3 is 12.3 Å². The summed E-state index contributed by atoms with van der Waals surface area (Å²) < 4.78 is 62.0. The molecule has 0 aliphatic carbocycles. The van der Waals surface area contributed by atoms with Gasteiger partial charge in [0.05, 0.1) is 19.7 Å². The summed E-state index contributed by atoms with van der Waals surface area (Å²) in [5.74, 6) is -1.19. The first kappa shape index (κ1) is 14.2. The van der Waals surface area contributed by atoms with Gasteiger partial charge in [-0.05, 0) is 18.2 Å². The highest BCUT2D eigenvalue weighted by molar-refractivity contribution is 5.92. The number of methoxy groups -OCH3 is 2. The van der Waals surface area contributed by atoms with Crippen molar-refractivity contribution in [2.45, 2.75) is 6.18 Å². The summed E-state index contributed by atoms with van der Waals surface area (Å²) in [5.41, 5.74) is -1.56. The van der Waals surface area contributed by atoms with Crippen LogP contribution in [0.4, 0.5) is 22.4 Å². The first-order chi connectivity index (χ1) is 9.31. The van der Waals surface area contributed by atoms with Gasteiger partial charge < -0.3 is 9.47 Å². The summed E-state index contributed by atoms with van der Waals surface area (Å²) >= 11 is 0. The zero-order valence-corrected chi connectivity index (χ0v) is 10.4. The van der Waals surface area contributed by atoms with Crippen LogP contribution < -0.4 is 4.74 Å². The molecule has 1 aromatic heterocycles. The Morgan fingerprint density at radius 1 is 1.25 bits per heavy atom. The molecular formula is C12H9F4NO3. The summed E-state index contributed by atoms with van der Waals surface area (Å²) in [6.45, 7) is 0. The Morgan fingerprint density at radius 3 is 2.40 bits per heavy atom. The van der Waals surface area contributed by atoms with Crippen molar-refractivity contribution in [1.82, 2.24) is 4.57 Å². The van der Waals surface area contributed by atoms with E-state index >= 15 is 0 Å². The van der Waals surface area contributed by atoms with Crippen LogP contribution in [0.25, 0.3) is 10.9 Å². The Bertz CT molecular complexity index is 675. The van der Waals surface area contributed by atoms with E-state index in [1.165, 1.54) is 7.11 Å². The number of nitrogens with zero attached hydrogens (tertiary/aromatic N) is 1. The van der Waals surface area contributed by atoms with Crippen molar-refractivity contribution in [1.29, 1.82) is 0 Å². The monoisotopic (exact) mass is 291 g/mol. The molecule has 0 radical (unpaired) electrons. The van der Waals surface area contributed by atoms with Gasteiger partial charge in [-0.2, -0.15) is 13.2 Å². The highest BCUT2D eigenvalue weighted by Gasteiger charge is 2.38. The fraction of sp³-hybridized carbons (Fsp3) is 0.250. The lowest BCUT2D eigenvalue weighted by Gasteiger charge is -2.10. The SMILES string of the molecule is COC(=O)n1c(C(F)(F)F)cc2c(F)c(OC)ccc21. The summed E-state index contributed by atoms with van der Waals surface area (Å²) in [5, 5.41) is -0.373. The van der Waals surface area contributed by atoms with Gasteiger partial charge in [-0.25, -0.2) is 13.8 Å². The van der Waals surface area contributed by atoms with Crippen molar-refractivity contribution in [2.24, 2.45) is 0 Å². The van der Waals surface area contributed by atoms with E-state index < -0.39 is 23.8 Å². The fourth-order valence-electron chi connectivity index (χ4n) is 1.88. The minimum atomic E-state index is -4.83. The zero-order chi connectivity index (χ0) is 15.1. The molecule has 1 heterocycles. The number of rotatable bonds is 1. The molecule has 2 aromatic rings. The Morgan fingerprint density at radius 2 is 1.90 bits per heavy atom. The summed E-state index contributed by atoms with van der Waals surface area (Å²) in [7, 11) is 2.13. The Labute approximate surface area is 110 Å². The Kier molecular flexibility index (Phi) is 3.33. The maximum Gasteiger partial charge on any atom is 0.432 e. The van der Waals surface area contributed by atoms with Crippen molar-refractivity contribution in [3.05, 3.63) is 29.7 Å². The molecular weight excluding hydrogens is 282 g/mol. The van der Waals surface area contributed by atoms with Crippen molar-refractivity contribution in [3.63, 3.8) is 0 Å². The lowest BCUT2D eigenvalue weighted by molar-refractivity contribution is -0.142. The summed E-state index contributed by atoms with van der Waals surface area (Å²) in [6, 6.07) is 2.84. The van der Waals surface area contributed by atoms with Gasteiger partial charge in [0, 0.05) is 5.39 Å². The van der Waals surface area contributed by atoms with Crippen LogP contribution in [0.15, 0.2) is 18.2 Å². The second-order valence-corrected chi connectivity index (χ2v) is 3.85. The van der Waals surface area contributed by atoms with Crippen molar-refractivity contribution < 1.29 is 31.8 Å². The standard InChI is InChI=1S/C12H9F4NO3/c1-19-8-4-3-7-6(10(8)13)5-9(12(14,15)16)17(7)11(18)20-2/h3-5H,1-2H3. The average Bonchev–Trinajstić information content (AvgIpc) is 2.78. The molecule has 108 valence electrons. The maximum absolute atomic E-state index is 14.0. The number of ether oxygens (including phenoxy) is 2. The molecule has 1 aromatic carbocycles. The van der Waals surface area contributed by atoms with Crippen LogP contribution in [0, 0.1) is 5.82 Å². The smallest absolute Gasteiger partial charge is 0.432 e. The van der Waals surface area contributed by atoms with E-state index in [9.17, 15) is 22.4 Å². The third-order valence-corrected chi connectivity index (χ3v) is 2.75. The van der Waals surface area contributed by atoms with Crippen molar-refractivity contribution in [2.75, 3.05) is 14.2 Å². The van der Waals surface area contributed by atoms with Crippen LogP contribution in [0.5, 0.6) is 5.75 Å². The van der Waals surface area contributed by atoms with Gasteiger partial charge in [0.15, 0.2) is 11.6 Å². The molecule has 0 bridgehead atoms. The minimum Gasteiger partial charge on any atom is -0.494 e. The molecule has 0 spiro atoms. The van der Waals surface area contributed by atoms with Gasteiger partial charge in [0.2, 0.25) is 0 Å². The molecule has 0 N–H and O–H groups in total. The largest absolute Gasteiger partial charge is 0.494 e. The number of alkyl halides is 3. The van der Waals surface area contributed by atoms with E-state index in [0.717, 1.165) is 19.2 Å². The summed E-state index contributed by atoms with van der Waals surface area (Å²) in [6.07, 6.45) is -6.08. The second-order valence-electron chi connectivity index (χ2n) is 3.85. The topological polar surface area (TPSA) is 40.5 Å². The number of carbonyl (C=O) groups excluding carboxylic acids is 1. The molecule has 2 rings (SSSR count). The van der Waals surface area contributed by atoms with Gasteiger partial charge in [0.1, 0.15) is 5.69 Å². The quantitative estimate of drug-likeness (QED) is 0.756. The summed E-state index contributed by atoms with van der Waals surface area (Å²) in [4.78, 5) is 11.5. The number of carbonyl (C=O) groups is 1. The normalized spacial score (nSPS) is 11.7. The van der Waals surface area contributed by atoms with Crippen LogP contribution >= 0.6 is 0 Å². The third kappa shape index (κ3) is 2.06. The molecule has 0 unspecified atom stereocenters. The van der Waals surface area contributed by atoms with Crippen molar-refractivity contribution >= 4 is 17.0 Å². The molecule has 0 saturated heterocycles. The molecule has 4 nitrogen and oxygen atoms in total. The molecule has 20 heavy (non-hydrogen) atoms. The number of hydrogen-bond donors (Lipinski definition) is 0. The number of aromatic nitrogens is 1. The third-order valence-electron chi connectivity index (χ3n) is 2.75. The van der Waals surface area contributed by atoms with E-state index in [0.29, 0.717) is 6.07 Å². The Balaban J connectivity index is 2.86. The molecule has 0 aliphatic heterocycles. The van der Waals surface area contributed by atoms with Crippen LogP contribution in [-0.2, 0) is 10.9 Å². The van der Waals surface area contributed by atoms with E-state index in [4.69, 9.17) is 4.74 Å². The average molecular weight is 291 g/mol. The highest BCUT2D eigenvalue weighted by atomic mass is 19.4. The van der Waals surface area contributed by atoms with Gasteiger partial charge in [-0.15, -0.1) is 0 Å². The lowest BCUT2D eigenvalue weighted by atomic mass is 10.2. The minimum absolute atomic E-state index is 0.215. The Hall–Kier alpha value is -2.25. The van der Waals surface area contributed by atoms with Crippen LogP contribution in [-0.4, -0.2) is 24.9 Å². The molecule has 0 aliphatic rings. The molecule has 8 heteroatoms. The van der Waals surface area contributed by atoms with E-state index in [-0.39, 0.29) is 21.2 Å². The maximum atomic E-state index is 14.0. The van der Waals surface area contributed by atoms with Crippen LogP contribution in [0.2, 0.25) is 0 Å². The zero-order valence-electron chi connectivity index (χ0n) is 10.4. The highest BCUT2D eigenvalue weighted by Crippen LogP contribution is 2.36. The predicted octanol–water partition coefficient (Wildman–Crippen LogP) is 3.42. The van der Waals surface area contributed by atoms with Gasteiger partial charge in [0.25, 0.3) is 0 Å². The van der Waals surface area contributed by atoms with E-state index in [2.05, 4.69) is 4.74 Å². The lowest BCUT2D eigenvalue weighted by Crippen LogP contribution is -2.20. The molecule has 0 atom stereocenters. The number of halogens is 4. The molecule has 0 saturated carbocycles. The van der Waals surface area contributed by atoms with E-state index in [1.54, 1.807) is 0 Å². The molecule has 0 amide bonds. The number of fused-ring (bicyclic) bond motifs is 1. The van der Waals surface area contributed by atoms with E-state index in [1.807, 2.05) is 0 Å². The number of hydrogen-bond acceptors (Lipinski definition) is 3. The van der Waals surface area contributed by atoms with Gasteiger partial charge in [-0.3, -0.25) is 0 Å². The number of benzene rings is 1. The van der Waals surface area contributed by atoms with Crippen LogP contribution in [0.1, 0.15) is 5.69 Å². The van der Waals surface area contributed by atoms with Crippen molar-refractivity contribution in [3.8, 4) is 5.75 Å². The predicted molar refractivity (Wildman–Crippen MR) is 61.3 cm³/mol. The second kappa shape index (κ2) is 4.69. The first-order valence-corrected chi connectivity index (χ1v) is 5.34. The van der Waals surface area contributed by atoms with Crippen LogP contribution in [0.3, 0.4) is 0 Å².